The third-order valence-electron chi connectivity index (χ3n) is 0. The van der Waals surface area contributed by atoms with Crippen LogP contribution in [0, 0.1) is 0 Å². The fraction of sp³-hybridized carbons (Fsp3) is 0. The molecule has 0 aromatic heterocycles. The summed E-state index contributed by atoms with van der Waals surface area (Å²) in [6.45, 7) is -0.197. The van der Waals surface area contributed by atoms with E-state index in [4.69, 9.17) is 7.12 Å². The van der Waals surface area contributed by atoms with Crippen LogP contribution in [0.25, 0.3) is 0 Å². The van der Waals surface area contributed by atoms with Gasteiger partial charge in [-0.1, -0.05) is 0 Å². The summed E-state index contributed by atoms with van der Waals surface area (Å²) in [5.41, 5.74) is 0. The molecule has 0 N–H and O–H groups in total. The van der Waals surface area contributed by atoms with Crippen molar-refractivity contribution >= 4 is 43.0 Å². The molecular formula is BIPS-. The number of halogens is 1. The summed E-state index contributed by atoms with van der Waals surface area (Å²) >= 11 is 2.01. The molecule has 0 bridgehead atoms. The first-order valence-electron chi connectivity index (χ1n) is 0.573. The van der Waals surface area contributed by atoms with Crippen molar-refractivity contribution < 1.29 is 0 Å². The Morgan fingerprint density at radius 1 is 2.00 bits per heavy atom. The van der Waals surface area contributed by atoms with Gasteiger partial charge in [-0.25, -0.2) is 0 Å². The zero-order valence-corrected chi connectivity index (χ0v) is 5.68. The van der Waals surface area contributed by atoms with Crippen molar-refractivity contribution in [3.05, 3.63) is 0 Å². The summed E-state index contributed by atoms with van der Waals surface area (Å²) in [5, 5.41) is 0. The molecular weight excluding hydrogens is 201 g/mol. The van der Waals surface area contributed by atoms with Gasteiger partial charge in [-0.15, -0.1) is 0 Å². The molecule has 0 heterocycles. The minimum atomic E-state index is -0.197. The van der Waals surface area contributed by atoms with Gasteiger partial charge in [0, 0.05) is 0 Å². The van der Waals surface area contributed by atoms with Gasteiger partial charge in [-0.3, -0.25) is 0 Å². The van der Waals surface area contributed by atoms with Crippen molar-refractivity contribution in [3.63, 3.8) is 0 Å². The molecule has 0 aromatic carbocycles. The molecule has 2 radical (unpaired) electrons. The Labute approximate surface area is 43.0 Å². The zero-order chi connectivity index (χ0) is 3.58. The van der Waals surface area contributed by atoms with E-state index >= 15 is 0 Å². The minimum absolute atomic E-state index is 0.197. The van der Waals surface area contributed by atoms with Crippen LogP contribution in [0.3, 0.4) is 0 Å². The molecule has 0 unspecified atom stereocenters. The van der Waals surface area contributed by atoms with Gasteiger partial charge in [0.15, 0.2) is 0 Å². The van der Waals surface area contributed by atoms with E-state index in [-0.39, 0.29) is 6.89 Å². The van der Waals surface area contributed by atoms with Crippen LogP contribution in [-0.2, 0) is 6.89 Å². The van der Waals surface area contributed by atoms with Crippen molar-refractivity contribution in [2.45, 2.75) is 0 Å². The summed E-state index contributed by atoms with van der Waals surface area (Å²) in [6, 6.07) is 0. The van der Waals surface area contributed by atoms with E-state index in [0.717, 1.165) is 0 Å². The van der Waals surface area contributed by atoms with Crippen LogP contribution in [0.15, 0.2) is 0 Å². The Bertz CT molecular complexity index is 54.2. The monoisotopic (exact) mass is 201 g/mol. The molecule has 0 atom stereocenters. The maximum atomic E-state index is 4.99. The second-order valence-electron chi connectivity index (χ2n) is 0.264. The molecule has 0 aliphatic heterocycles. The van der Waals surface area contributed by atoms with Crippen molar-refractivity contribution in [2.24, 2.45) is 0 Å². The molecule has 0 aromatic rings. The normalized spacial score (nSPS) is 8.25. The van der Waals surface area contributed by atoms with Crippen molar-refractivity contribution in [1.82, 2.24) is 0 Å². The summed E-state index contributed by atoms with van der Waals surface area (Å²) in [5.74, 6) is 0. The fourth-order valence-corrected chi connectivity index (χ4v) is 0. The van der Waals surface area contributed by atoms with Crippen LogP contribution < -0.4 is 0 Å². The molecule has 22 valence electrons. The van der Waals surface area contributed by atoms with Gasteiger partial charge in [-0.2, -0.15) is 0 Å². The standard InChI is InChI=1S/BIPS/c1-4(2)3/q-1. The topological polar surface area (TPSA) is 0 Å². The summed E-state index contributed by atoms with van der Waals surface area (Å²) in [6.07, 6.45) is 0. The van der Waals surface area contributed by atoms with Gasteiger partial charge < -0.3 is 0 Å². The Morgan fingerprint density at radius 2 is 2.00 bits per heavy atom. The van der Waals surface area contributed by atoms with Gasteiger partial charge in [0.2, 0.25) is 0 Å². The van der Waals surface area contributed by atoms with Crippen molar-refractivity contribution in [1.29, 1.82) is 0 Å². The van der Waals surface area contributed by atoms with Gasteiger partial charge in [0.05, 0.1) is 0 Å². The van der Waals surface area contributed by atoms with E-state index in [0.29, 0.717) is 0 Å². The van der Waals surface area contributed by atoms with Crippen LogP contribution in [-0.4, -0.2) is 7.12 Å². The van der Waals surface area contributed by atoms with Crippen molar-refractivity contribution in [2.75, 3.05) is 0 Å². The molecule has 0 aliphatic carbocycles. The summed E-state index contributed by atoms with van der Waals surface area (Å²) < 4.78 is 0. The third kappa shape index (κ3) is 9.56. The van der Waals surface area contributed by atoms with E-state index < -0.39 is 0 Å². The molecule has 0 nitrogen and oxygen atoms in total. The zero-order valence-electron chi connectivity index (χ0n) is 1.81. The van der Waals surface area contributed by atoms with Crippen LogP contribution in [0.5, 0.6) is 0 Å². The van der Waals surface area contributed by atoms with E-state index in [9.17, 15) is 0 Å². The molecule has 0 spiro atoms. The predicted octanol–water partition coefficient (Wildman–Crippen LogP) is 1.36. The van der Waals surface area contributed by atoms with Crippen LogP contribution in [0.2, 0.25) is 0 Å². The van der Waals surface area contributed by atoms with E-state index in [1.54, 1.807) is 0 Å². The molecule has 4 heavy (non-hydrogen) atoms. The van der Waals surface area contributed by atoms with Gasteiger partial charge in [-0.05, 0) is 0 Å². The van der Waals surface area contributed by atoms with Crippen LogP contribution in [0.1, 0.15) is 0 Å². The average Bonchev–Trinajstić information content (AvgIpc) is 0.811. The molecule has 4 heteroatoms. The fourth-order valence-electron chi connectivity index (χ4n) is 0. The SMILES string of the molecule is [B][S-](#P)I. The van der Waals surface area contributed by atoms with E-state index in [1.807, 2.05) is 21.2 Å². The number of hydrogen-bond acceptors (Lipinski definition) is 1. The quantitative estimate of drug-likeness (QED) is 0.240. The average molecular weight is 201 g/mol. The predicted molar refractivity (Wildman–Crippen MR) is 34.1 cm³/mol. The third-order valence-corrected chi connectivity index (χ3v) is 0. The molecule has 0 aliphatic rings. The van der Waals surface area contributed by atoms with Gasteiger partial charge in [0.25, 0.3) is 0 Å². The summed E-state index contributed by atoms with van der Waals surface area (Å²) in [7, 11) is 8.75. The molecule has 0 saturated carbocycles. The maximum absolute atomic E-state index is 4.99. The van der Waals surface area contributed by atoms with E-state index in [1.165, 1.54) is 0 Å². The Balaban J connectivity index is 3.02. The molecule has 0 fully saturated rings. The van der Waals surface area contributed by atoms with Crippen molar-refractivity contribution in [3.8, 4) is 0 Å². The first kappa shape index (κ1) is 5.57. The first-order valence-corrected chi connectivity index (χ1v) is 5.46. The second-order valence-corrected chi connectivity index (χ2v) is 6.91. The molecule has 0 amide bonds. The van der Waals surface area contributed by atoms with E-state index in [2.05, 4.69) is 7.81 Å². The van der Waals surface area contributed by atoms with Crippen LogP contribution >= 0.6 is 29.0 Å². The second kappa shape index (κ2) is 2.79. The molecule has 0 saturated heterocycles. The Morgan fingerprint density at radius 3 is 2.00 bits per heavy atom. The van der Waals surface area contributed by atoms with Gasteiger partial charge in [0.1, 0.15) is 0 Å². The number of hydrogen-bond donors (Lipinski definition) is 0. The Kier molecular flexibility index (Phi) is 3.89. The van der Waals surface area contributed by atoms with Crippen LogP contribution in [0.4, 0.5) is 0 Å². The summed E-state index contributed by atoms with van der Waals surface area (Å²) in [4.78, 5) is 0. The molecule has 0 rings (SSSR count). The number of rotatable bonds is 0. The van der Waals surface area contributed by atoms with Gasteiger partial charge >= 0.3 is 43.0 Å². The Hall–Kier alpha value is 1.57. The first-order chi connectivity index (χ1) is 1.73.